The van der Waals surface area contributed by atoms with Crippen molar-refractivity contribution < 1.29 is 4.42 Å². The molecular formula is C9H11BrN4O. The van der Waals surface area contributed by atoms with Gasteiger partial charge >= 0.3 is 0 Å². The van der Waals surface area contributed by atoms with Crippen LogP contribution in [0.1, 0.15) is 17.6 Å². The van der Waals surface area contributed by atoms with Crippen molar-refractivity contribution in [3.8, 4) is 0 Å². The molecule has 0 saturated carbocycles. The molecule has 15 heavy (non-hydrogen) atoms. The lowest BCUT2D eigenvalue weighted by Gasteiger charge is -2.12. The molecule has 3 N–H and O–H groups in total. The first-order chi connectivity index (χ1) is 7.22. The van der Waals surface area contributed by atoms with Gasteiger partial charge in [0.2, 0.25) is 0 Å². The number of hydrogen-bond acceptors (Lipinski definition) is 4. The lowest BCUT2D eigenvalue weighted by Crippen LogP contribution is -2.30. The van der Waals surface area contributed by atoms with Crippen molar-refractivity contribution in [2.75, 3.05) is 0 Å². The SMILES string of the molecule is Cn1ccnc1C(NN)c1ccc(Br)o1. The first-order valence-electron chi connectivity index (χ1n) is 4.41. The summed E-state index contributed by atoms with van der Waals surface area (Å²) in [6.07, 6.45) is 3.58. The van der Waals surface area contributed by atoms with E-state index in [4.69, 9.17) is 10.3 Å². The quantitative estimate of drug-likeness (QED) is 0.652. The van der Waals surface area contributed by atoms with Crippen LogP contribution < -0.4 is 11.3 Å². The number of nitrogens with two attached hydrogens (primary N) is 1. The third kappa shape index (κ3) is 1.97. The van der Waals surface area contributed by atoms with Crippen LogP contribution in [0.25, 0.3) is 0 Å². The average Bonchev–Trinajstić information content (AvgIpc) is 2.79. The summed E-state index contributed by atoms with van der Waals surface area (Å²) in [6.45, 7) is 0. The van der Waals surface area contributed by atoms with Crippen LogP contribution in [0.15, 0.2) is 33.6 Å². The van der Waals surface area contributed by atoms with Gasteiger partial charge in [0.05, 0.1) is 0 Å². The summed E-state index contributed by atoms with van der Waals surface area (Å²) in [5, 5.41) is 0. The van der Waals surface area contributed by atoms with E-state index in [1.165, 1.54) is 0 Å². The molecule has 0 aliphatic carbocycles. The molecule has 0 spiro atoms. The van der Waals surface area contributed by atoms with Gasteiger partial charge in [-0.1, -0.05) is 0 Å². The predicted molar refractivity (Wildman–Crippen MR) is 58.8 cm³/mol. The van der Waals surface area contributed by atoms with Crippen LogP contribution >= 0.6 is 15.9 Å². The van der Waals surface area contributed by atoms with Crippen LogP contribution in [0.3, 0.4) is 0 Å². The highest BCUT2D eigenvalue weighted by atomic mass is 79.9. The fourth-order valence-corrected chi connectivity index (χ4v) is 1.74. The Hall–Kier alpha value is -1.11. The summed E-state index contributed by atoms with van der Waals surface area (Å²) in [7, 11) is 1.91. The molecule has 1 unspecified atom stereocenters. The van der Waals surface area contributed by atoms with Crippen molar-refractivity contribution in [2.45, 2.75) is 6.04 Å². The molecule has 0 radical (unpaired) electrons. The fraction of sp³-hybridized carbons (Fsp3) is 0.222. The number of furan rings is 1. The molecule has 0 aliphatic rings. The Morgan fingerprint density at radius 1 is 1.60 bits per heavy atom. The summed E-state index contributed by atoms with van der Waals surface area (Å²) in [4.78, 5) is 4.22. The highest BCUT2D eigenvalue weighted by Crippen LogP contribution is 2.24. The minimum absolute atomic E-state index is 0.240. The number of aromatic nitrogens is 2. The Morgan fingerprint density at radius 3 is 2.87 bits per heavy atom. The minimum atomic E-state index is -0.240. The third-order valence-corrected chi connectivity index (χ3v) is 2.59. The lowest BCUT2D eigenvalue weighted by atomic mass is 10.2. The number of aryl methyl sites for hydroxylation is 1. The summed E-state index contributed by atoms with van der Waals surface area (Å²) >= 11 is 3.25. The normalized spacial score (nSPS) is 13.0. The molecule has 2 aromatic heterocycles. The Labute approximate surface area is 95.4 Å². The summed E-state index contributed by atoms with van der Waals surface area (Å²) in [5.41, 5.74) is 2.68. The lowest BCUT2D eigenvalue weighted by molar-refractivity contribution is 0.423. The molecule has 80 valence electrons. The van der Waals surface area contributed by atoms with Crippen LogP contribution in [0, 0.1) is 0 Å². The maximum Gasteiger partial charge on any atom is 0.169 e. The van der Waals surface area contributed by atoms with E-state index >= 15 is 0 Å². The van der Waals surface area contributed by atoms with Crippen molar-refractivity contribution in [1.29, 1.82) is 0 Å². The maximum atomic E-state index is 5.50. The molecule has 0 bridgehead atoms. The standard InChI is InChI=1S/C9H11BrN4O/c1-14-5-4-12-9(14)8(13-11)6-2-3-7(10)15-6/h2-5,8,13H,11H2,1H3. The first kappa shape index (κ1) is 10.4. The van der Waals surface area contributed by atoms with Gasteiger partial charge in [-0.25, -0.2) is 10.4 Å². The summed E-state index contributed by atoms with van der Waals surface area (Å²) in [6, 6.07) is 3.43. The second-order valence-electron chi connectivity index (χ2n) is 3.14. The Kier molecular flexibility index (Phi) is 2.90. The van der Waals surface area contributed by atoms with E-state index in [-0.39, 0.29) is 6.04 Å². The summed E-state index contributed by atoms with van der Waals surface area (Å²) in [5.74, 6) is 7.02. The zero-order valence-corrected chi connectivity index (χ0v) is 9.73. The van der Waals surface area contributed by atoms with Crippen LogP contribution in [0.5, 0.6) is 0 Å². The van der Waals surface area contributed by atoms with E-state index in [9.17, 15) is 0 Å². The smallest absolute Gasteiger partial charge is 0.169 e. The maximum absolute atomic E-state index is 5.50. The van der Waals surface area contributed by atoms with Crippen molar-refractivity contribution in [2.24, 2.45) is 12.9 Å². The summed E-state index contributed by atoms with van der Waals surface area (Å²) < 4.78 is 8.00. The second-order valence-corrected chi connectivity index (χ2v) is 3.92. The van der Waals surface area contributed by atoms with E-state index < -0.39 is 0 Å². The number of halogens is 1. The Balaban J connectivity index is 2.36. The minimum Gasteiger partial charge on any atom is -0.452 e. The highest BCUT2D eigenvalue weighted by molar-refractivity contribution is 9.10. The van der Waals surface area contributed by atoms with Crippen LogP contribution in [-0.4, -0.2) is 9.55 Å². The highest BCUT2D eigenvalue weighted by Gasteiger charge is 2.19. The second kappa shape index (κ2) is 4.18. The van der Waals surface area contributed by atoms with E-state index in [1.807, 2.05) is 29.9 Å². The number of nitrogens with one attached hydrogen (secondary N) is 1. The van der Waals surface area contributed by atoms with Crippen molar-refractivity contribution in [3.05, 3.63) is 40.8 Å². The molecular weight excluding hydrogens is 260 g/mol. The van der Waals surface area contributed by atoms with Gasteiger partial charge in [-0.15, -0.1) is 0 Å². The van der Waals surface area contributed by atoms with E-state index in [0.29, 0.717) is 4.67 Å². The number of nitrogens with zero attached hydrogens (tertiary/aromatic N) is 2. The van der Waals surface area contributed by atoms with Gasteiger partial charge in [0.25, 0.3) is 0 Å². The van der Waals surface area contributed by atoms with Gasteiger partial charge in [0.1, 0.15) is 17.6 Å². The molecule has 0 fully saturated rings. The van der Waals surface area contributed by atoms with E-state index in [1.54, 1.807) is 6.20 Å². The van der Waals surface area contributed by atoms with Gasteiger partial charge in [-0.05, 0) is 28.1 Å². The largest absolute Gasteiger partial charge is 0.452 e. The monoisotopic (exact) mass is 270 g/mol. The van der Waals surface area contributed by atoms with E-state index in [2.05, 4.69) is 26.3 Å². The van der Waals surface area contributed by atoms with E-state index in [0.717, 1.165) is 11.6 Å². The van der Waals surface area contributed by atoms with Crippen molar-refractivity contribution in [3.63, 3.8) is 0 Å². The first-order valence-corrected chi connectivity index (χ1v) is 5.20. The molecule has 2 rings (SSSR count). The predicted octanol–water partition coefficient (Wildman–Crippen LogP) is 1.33. The molecule has 2 aromatic rings. The molecule has 2 heterocycles. The fourth-order valence-electron chi connectivity index (χ4n) is 1.42. The van der Waals surface area contributed by atoms with Gasteiger partial charge in [-0.2, -0.15) is 0 Å². The zero-order valence-electron chi connectivity index (χ0n) is 8.14. The van der Waals surface area contributed by atoms with Crippen LogP contribution in [-0.2, 0) is 7.05 Å². The topological polar surface area (TPSA) is 69.0 Å². The Morgan fingerprint density at radius 2 is 2.40 bits per heavy atom. The Bertz CT molecular complexity index is 450. The van der Waals surface area contributed by atoms with Crippen LogP contribution in [0.2, 0.25) is 0 Å². The number of hydrogen-bond donors (Lipinski definition) is 2. The van der Waals surface area contributed by atoms with Crippen LogP contribution in [0.4, 0.5) is 0 Å². The third-order valence-electron chi connectivity index (χ3n) is 2.16. The number of hydrazine groups is 1. The molecule has 0 amide bonds. The van der Waals surface area contributed by atoms with Gasteiger partial charge in [0, 0.05) is 19.4 Å². The molecule has 5 nitrogen and oxygen atoms in total. The average molecular weight is 271 g/mol. The van der Waals surface area contributed by atoms with Gasteiger partial charge in [-0.3, -0.25) is 5.84 Å². The molecule has 0 aliphatic heterocycles. The zero-order chi connectivity index (χ0) is 10.8. The van der Waals surface area contributed by atoms with Gasteiger partial charge in [0.15, 0.2) is 4.67 Å². The van der Waals surface area contributed by atoms with Crippen molar-refractivity contribution >= 4 is 15.9 Å². The molecule has 0 saturated heterocycles. The molecule has 0 aromatic carbocycles. The molecule has 6 heteroatoms. The van der Waals surface area contributed by atoms with Crippen molar-refractivity contribution in [1.82, 2.24) is 15.0 Å². The molecule has 1 atom stereocenters. The number of rotatable bonds is 3. The van der Waals surface area contributed by atoms with Gasteiger partial charge < -0.3 is 8.98 Å². The number of imidazole rings is 1.